The van der Waals surface area contributed by atoms with Crippen molar-refractivity contribution in [1.29, 1.82) is 0 Å². The van der Waals surface area contributed by atoms with Crippen molar-refractivity contribution in [2.24, 2.45) is 0 Å². The van der Waals surface area contributed by atoms with E-state index in [1.165, 1.54) is 18.2 Å². The Morgan fingerprint density at radius 2 is 1.42 bits per heavy atom. The molecule has 2 rings (SSSR count). The lowest BCUT2D eigenvalue weighted by Crippen LogP contribution is -1.99. The van der Waals surface area contributed by atoms with E-state index in [2.05, 4.69) is 29.0 Å². The van der Waals surface area contributed by atoms with Gasteiger partial charge in [-0.15, -0.1) is 0 Å². The first-order valence-electron chi connectivity index (χ1n) is 8.96. The molecule has 0 aliphatic heterocycles. The molecule has 0 saturated heterocycles. The van der Waals surface area contributed by atoms with Gasteiger partial charge in [-0.2, -0.15) is 0 Å². The van der Waals surface area contributed by atoms with Gasteiger partial charge in [0.1, 0.15) is 0 Å². The second-order valence-corrected chi connectivity index (χ2v) is 6.41. The van der Waals surface area contributed by atoms with Gasteiger partial charge in [0.05, 0.1) is 12.0 Å². The number of benzene rings is 2. The molecular weight excluding hydrogens is 330 g/mol. The van der Waals surface area contributed by atoms with Crippen molar-refractivity contribution in [3.63, 3.8) is 0 Å². The largest absolute Gasteiger partial charge is 0.469 e. The molecule has 0 aromatic heterocycles. The molecule has 2 aromatic carbocycles. The quantitative estimate of drug-likeness (QED) is 0.264. The highest BCUT2D eigenvalue weighted by Gasteiger charge is 2.05. The van der Waals surface area contributed by atoms with Crippen LogP contribution in [0.4, 0.5) is 5.69 Å². The Morgan fingerprint density at radius 1 is 0.885 bits per heavy atom. The molecule has 0 spiro atoms. The van der Waals surface area contributed by atoms with Crippen molar-refractivity contribution in [1.82, 2.24) is 0 Å². The van der Waals surface area contributed by atoms with Gasteiger partial charge < -0.3 is 4.74 Å². The molecule has 0 amide bonds. The molecule has 5 heteroatoms. The van der Waals surface area contributed by atoms with Gasteiger partial charge in [0.2, 0.25) is 0 Å². The molecule has 0 N–H and O–H groups in total. The van der Waals surface area contributed by atoms with Crippen LogP contribution in [0.3, 0.4) is 0 Å². The molecule has 0 aliphatic carbocycles. The van der Waals surface area contributed by atoms with Gasteiger partial charge in [0.15, 0.2) is 0 Å². The zero-order chi connectivity index (χ0) is 18.8. The van der Waals surface area contributed by atoms with Crippen LogP contribution in [-0.4, -0.2) is 18.0 Å². The van der Waals surface area contributed by atoms with Gasteiger partial charge in [-0.1, -0.05) is 49.2 Å². The van der Waals surface area contributed by atoms with E-state index in [-0.39, 0.29) is 16.6 Å². The van der Waals surface area contributed by atoms with Crippen molar-refractivity contribution < 1.29 is 14.5 Å². The van der Waals surface area contributed by atoms with E-state index in [1.54, 1.807) is 24.3 Å². The first-order chi connectivity index (χ1) is 12.6. The Bertz CT molecular complexity index is 708. The summed E-state index contributed by atoms with van der Waals surface area (Å²) in [6, 6.07) is 15.2. The third-order valence-corrected chi connectivity index (χ3v) is 4.40. The summed E-state index contributed by atoms with van der Waals surface area (Å²) in [7, 11) is 1.42. The number of nitro benzene ring substituents is 1. The monoisotopic (exact) mass is 355 g/mol. The average Bonchev–Trinajstić information content (AvgIpc) is 2.66. The fraction of sp³-hybridized carbons (Fsp3) is 0.381. The van der Waals surface area contributed by atoms with Crippen molar-refractivity contribution in [2.45, 2.75) is 44.9 Å². The molecule has 138 valence electrons. The van der Waals surface area contributed by atoms with E-state index < -0.39 is 0 Å². The summed E-state index contributed by atoms with van der Waals surface area (Å²) in [4.78, 5) is 21.3. The van der Waals surface area contributed by atoms with Gasteiger partial charge >= 0.3 is 5.97 Å². The Labute approximate surface area is 154 Å². The Balaban J connectivity index is 1.72. The molecule has 0 aliphatic rings. The fourth-order valence-corrected chi connectivity index (χ4v) is 2.85. The molecule has 26 heavy (non-hydrogen) atoms. The summed E-state index contributed by atoms with van der Waals surface area (Å²) < 4.78 is 4.63. The first kappa shape index (κ1) is 19.6. The lowest BCUT2D eigenvalue weighted by molar-refractivity contribution is -0.384. The minimum absolute atomic E-state index is 0.121. The molecule has 0 heterocycles. The second-order valence-electron chi connectivity index (χ2n) is 6.41. The van der Waals surface area contributed by atoms with E-state index in [0.29, 0.717) is 6.42 Å². The van der Waals surface area contributed by atoms with E-state index in [9.17, 15) is 14.9 Å². The summed E-state index contributed by atoms with van der Waals surface area (Å²) in [6.07, 6.45) is 6.48. The number of aryl methyl sites for hydroxylation is 1. The van der Waals surface area contributed by atoms with Crippen molar-refractivity contribution in [3.05, 3.63) is 75.3 Å². The molecule has 0 unspecified atom stereocenters. The van der Waals surface area contributed by atoms with Gasteiger partial charge in [-0.3, -0.25) is 14.9 Å². The number of esters is 1. The number of unbranched alkanes of at least 4 members (excludes halogenated alkanes) is 3. The second kappa shape index (κ2) is 10.3. The number of hydrogen-bond donors (Lipinski definition) is 0. The predicted molar refractivity (Wildman–Crippen MR) is 101 cm³/mol. The number of methoxy groups -OCH3 is 1. The normalized spacial score (nSPS) is 10.5. The van der Waals surface area contributed by atoms with Crippen molar-refractivity contribution in [3.8, 4) is 0 Å². The van der Waals surface area contributed by atoms with Crippen LogP contribution < -0.4 is 0 Å². The molecule has 2 aromatic rings. The molecule has 5 nitrogen and oxygen atoms in total. The average molecular weight is 355 g/mol. The summed E-state index contributed by atoms with van der Waals surface area (Å²) in [5, 5.41) is 10.7. The van der Waals surface area contributed by atoms with Gasteiger partial charge in [-0.25, -0.2) is 0 Å². The number of carbonyl (C=O) groups is 1. The van der Waals surface area contributed by atoms with Crippen molar-refractivity contribution in [2.75, 3.05) is 7.11 Å². The minimum Gasteiger partial charge on any atom is -0.469 e. The van der Waals surface area contributed by atoms with Crippen LogP contribution in [-0.2, 0) is 22.4 Å². The van der Waals surface area contributed by atoms with Crippen LogP contribution in [0.15, 0.2) is 48.5 Å². The summed E-state index contributed by atoms with van der Waals surface area (Å²) >= 11 is 0. The smallest absolute Gasteiger partial charge is 0.305 e. The number of nitro groups is 1. The molecule has 0 bridgehead atoms. The number of nitrogens with zero attached hydrogens (tertiary/aromatic N) is 1. The third kappa shape index (κ3) is 6.67. The maximum atomic E-state index is 11.0. The topological polar surface area (TPSA) is 69.4 Å². The van der Waals surface area contributed by atoms with Crippen LogP contribution in [0.1, 0.15) is 48.8 Å². The van der Waals surface area contributed by atoms with Crippen LogP contribution in [0.2, 0.25) is 0 Å². The van der Waals surface area contributed by atoms with Gasteiger partial charge in [-0.05, 0) is 42.4 Å². The van der Waals surface area contributed by atoms with Crippen LogP contribution in [0.25, 0.3) is 0 Å². The molecule has 0 fully saturated rings. The zero-order valence-electron chi connectivity index (χ0n) is 15.1. The molecule has 0 radical (unpaired) electrons. The molecule has 0 atom stereocenters. The lowest BCUT2D eigenvalue weighted by Gasteiger charge is -2.05. The van der Waals surface area contributed by atoms with Crippen LogP contribution >= 0.6 is 0 Å². The minimum atomic E-state index is -0.381. The third-order valence-electron chi connectivity index (χ3n) is 4.40. The standard InChI is InChI=1S/C21H25NO4/c1-26-21(23)7-5-3-2-4-6-17-8-10-18(11-9-17)16-19-12-14-20(15-13-19)22(24)25/h8-15H,2-7,16H2,1H3. The molecular formula is C21H25NO4. The number of carbonyl (C=O) groups excluding carboxylic acids is 1. The fourth-order valence-electron chi connectivity index (χ4n) is 2.85. The summed E-state index contributed by atoms with van der Waals surface area (Å²) in [5.41, 5.74) is 3.69. The molecule has 0 saturated carbocycles. The maximum Gasteiger partial charge on any atom is 0.305 e. The SMILES string of the molecule is COC(=O)CCCCCCc1ccc(Cc2ccc([N+](=O)[O-])cc2)cc1. The predicted octanol–water partition coefficient (Wildman–Crippen LogP) is 4.85. The Kier molecular flexibility index (Phi) is 7.80. The van der Waals surface area contributed by atoms with Gasteiger partial charge in [0, 0.05) is 18.6 Å². The summed E-state index contributed by atoms with van der Waals surface area (Å²) in [5.74, 6) is -0.131. The van der Waals surface area contributed by atoms with E-state index in [1.807, 2.05) is 0 Å². The number of hydrogen-bond acceptors (Lipinski definition) is 4. The van der Waals surface area contributed by atoms with E-state index in [0.717, 1.165) is 44.1 Å². The number of rotatable bonds is 10. The number of non-ortho nitro benzene ring substituents is 1. The van der Waals surface area contributed by atoms with Crippen LogP contribution in [0, 0.1) is 10.1 Å². The Morgan fingerprint density at radius 3 is 2.00 bits per heavy atom. The highest BCUT2D eigenvalue weighted by Crippen LogP contribution is 2.16. The summed E-state index contributed by atoms with van der Waals surface area (Å²) in [6.45, 7) is 0. The zero-order valence-corrected chi connectivity index (χ0v) is 15.1. The van der Waals surface area contributed by atoms with E-state index >= 15 is 0 Å². The first-order valence-corrected chi connectivity index (χ1v) is 8.96. The van der Waals surface area contributed by atoms with Crippen LogP contribution in [0.5, 0.6) is 0 Å². The lowest BCUT2D eigenvalue weighted by atomic mass is 10.0. The van der Waals surface area contributed by atoms with E-state index in [4.69, 9.17) is 0 Å². The van der Waals surface area contributed by atoms with Gasteiger partial charge in [0.25, 0.3) is 5.69 Å². The highest BCUT2D eigenvalue weighted by molar-refractivity contribution is 5.68. The van der Waals surface area contributed by atoms with Crippen molar-refractivity contribution >= 4 is 11.7 Å². The maximum absolute atomic E-state index is 11.0. The number of ether oxygens (including phenoxy) is 1. The Hall–Kier alpha value is -2.69. The highest BCUT2D eigenvalue weighted by atomic mass is 16.6.